The van der Waals surface area contributed by atoms with E-state index in [0.29, 0.717) is 11.9 Å². The van der Waals surface area contributed by atoms with E-state index in [9.17, 15) is 19.7 Å². The Labute approximate surface area is 189 Å². The van der Waals surface area contributed by atoms with Gasteiger partial charge in [0.05, 0.1) is 22.5 Å². The second-order valence-electron chi connectivity index (χ2n) is 7.81. The van der Waals surface area contributed by atoms with Crippen LogP contribution in [0.25, 0.3) is 22.2 Å². The molecular weight excluding hydrogens is 422 g/mol. The average molecular weight is 445 g/mol. The third-order valence-corrected chi connectivity index (χ3v) is 5.54. The van der Waals surface area contributed by atoms with Gasteiger partial charge in [-0.3, -0.25) is 19.5 Å². The van der Waals surface area contributed by atoms with Crippen LogP contribution in [0.4, 0.5) is 5.69 Å². The molecule has 8 heteroatoms. The highest BCUT2D eigenvalue weighted by Crippen LogP contribution is 2.22. The fourth-order valence-electron chi connectivity index (χ4n) is 3.77. The monoisotopic (exact) mass is 445 g/mol. The Morgan fingerprint density at radius 2 is 1.76 bits per heavy atom. The zero-order chi connectivity index (χ0) is 23.4. The lowest BCUT2D eigenvalue weighted by molar-refractivity contribution is -0.384. The molecular formula is C25H23N3O5. The summed E-state index contributed by atoms with van der Waals surface area (Å²) in [4.78, 5) is 34.9. The number of benzene rings is 3. The van der Waals surface area contributed by atoms with E-state index in [1.165, 1.54) is 22.8 Å². The largest absolute Gasteiger partial charge is 0.419 e. The van der Waals surface area contributed by atoms with Gasteiger partial charge in [0.2, 0.25) is 5.91 Å². The summed E-state index contributed by atoms with van der Waals surface area (Å²) in [6.07, 6.45) is 0.662. The van der Waals surface area contributed by atoms with Crippen LogP contribution in [0.1, 0.15) is 31.4 Å². The first-order chi connectivity index (χ1) is 15.9. The molecule has 1 amide bonds. The molecule has 1 aromatic heterocycles. The summed E-state index contributed by atoms with van der Waals surface area (Å²) in [6.45, 7) is 2.20. The van der Waals surface area contributed by atoms with Gasteiger partial charge in [-0.2, -0.15) is 0 Å². The minimum Gasteiger partial charge on any atom is -0.407 e. The highest BCUT2D eigenvalue weighted by Gasteiger charge is 2.15. The molecule has 0 spiro atoms. The van der Waals surface area contributed by atoms with Crippen LogP contribution >= 0.6 is 0 Å². The van der Waals surface area contributed by atoms with Gasteiger partial charge in [-0.05, 0) is 36.1 Å². The number of nitro groups is 1. The lowest BCUT2D eigenvalue weighted by Gasteiger charge is -2.15. The van der Waals surface area contributed by atoms with Crippen LogP contribution in [0.5, 0.6) is 0 Å². The molecule has 4 rings (SSSR count). The third-order valence-electron chi connectivity index (χ3n) is 5.54. The smallest absolute Gasteiger partial charge is 0.407 e. The van der Waals surface area contributed by atoms with Crippen molar-refractivity contribution in [1.29, 1.82) is 0 Å². The van der Waals surface area contributed by atoms with Crippen molar-refractivity contribution >= 4 is 22.7 Å². The molecule has 0 radical (unpaired) electrons. The van der Waals surface area contributed by atoms with Crippen LogP contribution in [0.2, 0.25) is 0 Å². The minimum absolute atomic E-state index is 0.119. The van der Waals surface area contributed by atoms with Gasteiger partial charge in [0.25, 0.3) is 5.69 Å². The first-order valence-electron chi connectivity index (χ1n) is 10.6. The number of aryl methyl sites for hydroxylation is 1. The van der Waals surface area contributed by atoms with E-state index in [0.717, 1.165) is 16.7 Å². The number of nitrogens with zero attached hydrogens (tertiary/aromatic N) is 2. The van der Waals surface area contributed by atoms with Crippen molar-refractivity contribution in [3.05, 3.63) is 99.0 Å². The number of carbonyl (C=O) groups is 1. The van der Waals surface area contributed by atoms with Gasteiger partial charge >= 0.3 is 5.76 Å². The first kappa shape index (κ1) is 22.0. The Hall–Kier alpha value is -4.20. The number of fused-ring (bicyclic) bond motifs is 1. The molecule has 0 aliphatic heterocycles. The van der Waals surface area contributed by atoms with E-state index in [1.54, 1.807) is 0 Å². The number of hydrogen-bond donors (Lipinski definition) is 1. The van der Waals surface area contributed by atoms with Crippen LogP contribution < -0.4 is 11.1 Å². The molecule has 3 aromatic carbocycles. The van der Waals surface area contributed by atoms with Crippen molar-refractivity contribution < 1.29 is 14.1 Å². The van der Waals surface area contributed by atoms with Gasteiger partial charge in [0.1, 0.15) is 0 Å². The zero-order valence-electron chi connectivity index (χ0n) is 18.1. The summed E-state index contributed by atoms with van der Waals surface area (Å²) in [6, 6.07) is 22.0. The molecule has 1 atom stereocenters. The Bertz CT molecular complexity index is 1340. The predicted octanol–water partition coefficient (Wildman–Crippen LogP) is 4.83. The lowest BCUT2D eigenvalue weighted by Crippen LogP contribution is -2.27. The maximum Gasteiger partial charge on any atom is 0.419 e. The fourth-order valence-corrected chi connectivity index (χ4v) is 3.77. The number of amides is 1. The van der Waals surface area contributed by atoms with E-state index < -0.39 is 10.7 Å². The number of carbonyl (C=O) groups excluding carboxylic acids is 1. The summed E-state index contributed by atoms with van der Waals surface area (Å²) >= 11 is 0. The molecule has 0 unspecified atom stereocenters. The first-order valence-corrected chi connectivity index (χ1v) is 10.6. The van der Waals surface area contributed by atoms with Crippen molar-refractivity contribution in [1.82, 2.24) is 9.88 Å². The summed E-state index contributed by atoms with van der Waals surface area (Å²) in [7, 11) is 0. The maximum absolute atomic E-state index is 12.4. The molecule has 8 nitrogen and oxygen atoms in total. The molecule has 4 aromatic rings. The molecule has 168 valence electrons. The number of non-ortho nitro benzene ring substituents is 1. The van der Waals surface area contributed by atoms with Crippen molar-refractivity contribution in [2.75, 3.05) is 0 Å². The number of hydrogen-bond acceptors (Lipinski definition) is 5. The Morgan fingerprint density at radius 3 is 2.45 bits per heavy atom. The number of nitro benzene ring substituents is 1. The predicted molar refractivity (Wildman–Crippen MR) is 125 cm³/mol. The van der Waals surface area contributed by atoms with E-state index >= 15 is 0 Å². The molecule has 33 heavy (non-hydrogen) atoms. The number of aromatic nitrogens is 1. The molecule has 0 fully saturated rings. The van der Waals surface area contributed by atoms with Crippen molar-refractivity contribution in [3.8, 4) is 11.1 Å². The van der Waals surface area contributed by atoms with Crippen LogP contribution in [0, 0.1) is 10.1 Å². The highest BCUT2D eigenvalue weighted by molar-refractivity contribution is 5.77. The molecule has 0 bridgehead atoms. The molecule has 1 N–H and O–H groups in total. The molecule has 0 aliphatic rings. The summed E-state index contributed by atoms with van der Waals surface area (Å²) < 4.78 is 6.50. The van der Waals surface area contributed by atoms with E-state index in [2.05, 4.69) is 17.4 Å². The summed E-state index contributed by atoms with van der Waals surface area (Å²) in [5.74, 6) is -0.719. The summed E-state index contributed by atoms with van der Waals surface area (Å²) in [5, 5.41) is 13.9. The van der Waals surface area contributed by atoms with Gasteiger partial charge in [0, 0.05) is 19.0 Å². The molecule has 0 aliphatic carbocycles. The third kappa shape index (κ3) is 5.01. The maximum atomic E-state index is 12.4. The Balaban J connectivity index is 1.33. The van der Waals surface area contributed by atoms with Crippen molar-refractivity contribution in [3.63, 3.8) is 0 Å². The van der Waals surface area contributed by atoms with Crippen molar-refractivity contribution in [2.45, 2.75) is 32.4 Å². The minimum atomic E-state index is -0.599. The Morgan fingerprint density at radius 1 is 1.06 bits per heavy atom. The van der Waals surface area contributed by atoms with E-state index in [4.69, 9.17) is 4.42 Å². The standard InChI is InChI=1S/C25H23N3O5/c1-17(18-9-11-20(12-10-18)19-6-3-2-4-7-19)26-24(29)8-5-15-27-22-14-13-21(28(31)32)16-23(22)33-25(27)30/h2-4,6-7,9-14,16-17H,5,8,15H2,1H3,(H,26,29)/t17-/m0/s1. The Kier molecular flexibility index (Phi) is 6.35. The van der Waals surface area contributed by atoms with Crippen LogP contribution in [-0.4, -0.2) is 15.4 Å². The van der Waals surface area contributed by atoms with Crippen molar-refractivity contribution in [2.24, 2.45) is 0 Å². The number of nitrogens with one attached hydrogen (secondary N) is 1. The quantitative estimate of drug-likeness (QED) is 0.309. The van der Waals surface area contributed by atoms with Crippen LogP contribution in [-0.2, 0) is 11.3 Å². The SMILES string of the molecule is C[C@H](NC(=O)CCCn1c(=O)oc2cc([N+](=O)[O-])ccc21)c1ccc(-c2ccccc2)cc1. The average Bonchev–Trinajstić information content (AvgIpc) is 3.14. The molecule has 0 saturated carbocycles. The van der Waals surface area contributed by atoms with E-state index in [-0.39, 0.29) is 36.2 Å². The normalized spacial score (nSPS) is 11.9. The van der Waals surface area contributed by atoms with Gasteiger partial charge in [-0.25, -0.2) is 4.79 Å². The second-order valence-corrected chi connectivity index (χ2v) is 7.81. The lowest BCUT2D eigenvalue weighted by atomic mass is 10.0. The topological polar surface area (TPSA) is 107 Å². The highest BCUT2D eigenvalue weighted by atomic mass is 16.6. The van der Waals surface area contributed by atoms with Gasteiger partial charge in [-0.1, -0.05) is 54.6 Å². The fraction of sp³-hybridized carbons (Fsp3) is 0.200. The van der Waals surface area contributed by atoms with E-state index in [1.807, 2.05) is 49.4 Å². The zero-order valence-corrected chi connectivity index (χ0v) is 18.1. The summed E-state index contributed by atoms with van der Waals surface area (Å²) in [5.41, 5.74) is 3.73. The van der Waals surface area contributed by atoms with Crippen LogP contribution in [0.15, 0.2) is 82.0 Å². The number of oxazole rings is 1. The van der Waals surface area contributed by atoms with Crippen LogP contribution in [0.3, 0.4) is 0 Å². The van der Waals surface area contributed by atoms with Gasteiger partial charge < -0.3 is 9.73 Å². The number of rotatable bonds is 8. The molecule has 0 saturated heterocycles. The second kappa shape index (κ2) is 9.52. The van der Waals surface area contributed by atoms with Gasteiger partial charge in [0.15, 0.2) is 5.58 Å². The van der Waals surface area contributed by atoms with Gasteiger partial charge in [-0.15, -0.1) is 0 Å². The molecule has 1 heterocycles.